The molecule has 0 radical (unpaired) electrons. The molecule has 8 heteroatoms. The van der Waals surface area contributed by atoms with E-state index in [1.54, 1.807) is 0 Å². The summed E-state index contributed by atoms with van der Waals surface area (Å²) in [5.74, 6) is -0.805. The number of carboxylic acids is 1. The van der Waals surface area contributed by atoms with Crippen molar-refractivity contribution in [2.24, 2.45) is 0 Å². The van der Waals surface area contributed by atoms with Crippen LogP contribution in [0.2, 0.25) is 0 Å². The van der Waals surface area contributed by atoms with E-state index in [1.165, 1.54) is 42.4 Å². The zero-order valence-corrected chi connectivity index (χ0v) is 13.6. The van der Waals surface area contributed by atoms with E-state index < -0.39 is 5.97 Å². The Hall–Kier alpha value is -0.860. The molecule has 1 aliphatic carbocycles. The SMILES string of the molecule is CN(CC1(N(C)C)CCC1)c1nnc(SCC(=O)O)s1. The fourth-order valence-corrected chi connectivity index (χ4v) is 3.90. The number of aromatic nitrogens is 2. The molecule has 112 valence electrons. The minimum Gasteiger partial charge on any atom is -0.481 e. The minimum absolute atomic E-state index is 0.0278. The minimum atomic E-state index is -0.832. The van der Waals surface area contributed by atoms with Crippen LogP contribution >= 0.6 is 23.1 Å². The maximum absolute atomic E-state index is 10.5. The Balaban J connectivity index is 1.95. The highest BCUT2D eigenvalue weighted by atomic mass is 32.2. The predicted molar refractivity (Wildman–Crippen MR) is 81.8 cm³/mol. The molecule has 1 heterocycles. The second-order valence-electron chi connectivity index (χ2n) is 5.36. The van der Waals surface area contributed by atoms with Gasteiger partial charge in [0.2, 0.25) is 5.13 Å². The predicted octanol–water partition coefficient (Wildman–Crippen LogP) is 1.64. The van der Waals surface area contributed by atoms with Crippen LogP contribution in [0.25, 0.3) is 0 Å². The third-order valence-electron chi connectivity index (χ3n) is 3.81. The average molecular weight is 316 g/mol. The lowest BCUT2D eigenvalue weighted by molar-refractivity contribution is -0.133. The summed E-state index contributed by atoms with van der Waals surface area (Å²) in [7, 11) is 6.28. The van der Waals surface area contributed by atoms with E-state index in [1.807, 2.05) is 7.05 Å². The van der Waals surface area contributed by atoms with Gasteiger partial charge < -0.3 is 14.9 Å². The van der Waals surface area contributed by atoms with Crippen LogP contribution in [-0.4, -0.2) is 65.2 Å². The Morgan fingerprint density at radius 3 is 2.60 bits per heavy atom. The summed E-state index contributed by atoms with van der Waals surface area (Å²) in [6.07, 6.45) is 3.70. The molecule has 1 aromatic heterocycles. The monoisotopic (exact) mass is 316 g/mol. The van der Waals surface area contributed by atoms with Gasteiger partial charge in [0.25, 0.3) is 0 Å². The third-order valence-corrected chi connectivity index (χ3v) is 5.96. The van der Waals surface area contributed by atoms with Crippen molar-refractivity contribution in [3.8, 4) is 0 Å². The standard InChI is InChI=1S/C12H20N4O2S2/c1-15(2)12(5-4-6-12)8-16(3)10-13-14-11(20-10)19-7-9(17)18/h4-8H2,1-3H3,(H,17,18). The van der Waals surface area contributed by atoms with Crippen molar-refractivity contribution >= 4 is 34.2 Å². The van der Waals surface area contributed by atoms with Gasteiger partial charge in [0.15, 0.2) is 4.34 Å². The molecule has 0 unspecified atom stereocenters. The van der Waals surface area contributed by atoms with Gasteiger partial charge in [-0.15, -0.1) is 10.2 Å². The number of rotatable bonds is 7. The molecule has 1 saturated carbocycles. The van der Waals surface area contributed by atoms with Gasteiger partial charge in [0, 0.05) is 19.1 Å². The van der Waals surface area contributed by atoms with Crippen LogP contribution in [0.5, 0.6) is 0 Å². The number of aliphatic carboxylic acids is 1. The van der Waals surface area contributed by atoms with Crippen molar-refractivity contribution in [2.75, 3.05) is 38.3 Å². The van der Waals surface area contributed by atoms with Gasteiger partial charge in [-0.2, -0.15) is 0 Å². The fraction of sp³-hybridized carbons (Fsp3) is 0.750. The summed E-state index contributed by atoms with van der Waals surface area (Å²) in [5, 5.41) is 17.7. The quantitative estimate of drug-likeness (QED) is 0.767. The Labute approximate surface area is 127 Å². The van der Waals surface area contributed by atoms with E-state index in [0.29, 0.717) is 4.34 Å². The number of carboxylic acid groups (broad SMARTS) is 1. The maximum Gasteiger partial charge on any atom is 0.313 e. The molecule has 1 aromatic rings. The lowest BCUT2D eigenvalue weighted by Crippen LogP contribution is -2.56. The van der Waals surface area contributed by atoms with Crippen LogP contribution < -0.4 is 4.90 Å². The molecule has 1 N–H and O–H groups in total. The first kappa shape index (κ1) is 15.5. The van der Waals surface area contributed by atoms with Crippen molar-refractivity contribution in [1.29, 1.82) is 0 Å². The highest BCUT2D eigenvalue weighted by Crippen LogP contribution is 2.38. The van der Waals surface area contributed by atoms with Crippen molar-refractivity contribution in [1.82, 2.24) is 15.1 Å². The van der Waals surface area contributed by atoms with Gasteiger partial charge in [-0.05, 0) is 33.4 Å². The van der Waals surface area contributed by atoms with Crippen LogP contribution in [-0.2, 0) is 4.79 Å². The summed E-state index contributed by atoms with van der Waals surface area (Å²) in [6.45, 7) is 0.929. The summed E-state index contributed by atoms with van der Waals surface area (Å²) in [4.78, 5) is 15.0. The molecular formula is C12H20N4O2S2. The summed E-state index contributed by atoms with van der Waals surface area (Å²) in [5.41, 5.74) is 0.245. The van der Waals surface area contributed by atoms with Crippen LogP contribution in [0.1, 0.15) is 19.3 Å². The normalized spacial score (nSPS) is 17.0. The summed E-state index contributed by atoms with van der Waals surface area (Å²) >= 11 is 2.67. The summed E-state index contributed by atoms with van der Waals surface area (Å²) < 4.78 is 0.710. The molecule has 1 fully saturated rings. The van der Waals surface area contributed by atoms with Crippen LogP contribution in [0.3, 0.4) is 0 Å². The highest BCUT2D eigenvalue weighted by molar-refractivity contribution is 8.01. The summed E-state index contributed by atoms with van der Waals surface area (Å²) in [6, 6.07) is 0. The van der Waals surface area contributed by atoms with E-state index in [4.69, 9.17) is 5.11 Å². The van der Waals surface area contributed by atoms with Crippen molar-refractivity contribution in [2.45, 2.75) is 29.1 Å². The van der Waals surface area contributed by atoms with E-state index in [9.17, 15) is 4.79 Å². The number of thioether (sulfide) groups is 1. The van der Waals surface area contributed by atoms with E-state index in [0.717, 1.165) is 11.7 Å². The molecule has 0 amide bonds. The van der Waals surface area contributed by atoms with Gasteiger partial charge in [-0.1, -0.05) is 23.1 Å². The Morgan fingerprint density at radius 2 is 2.10 bits per heavy atom. The second-order valence-corrected chi connectivity index (χ2v) is 7.54. The van der Waals surface area contributed by atoms with Crippen LogP contribution in [0.15, 0.2) is 4.34 Å². The molecule has 0 aromatic carbocycles. The maximum atomic E-state index is 10.5. The topological polar surface area (TPSA) is 69.6 Å². The Bertz CT molecular complexity index is 474. The van der Waals surface area contributed by atoms with Gasteiger partial charge >= 0.3 is 5.97 Å². The largest absolute Gasteiger partial charge is 0.481 e. The number of likely N-dealkylation sites (N-methyl/N-ethyl adjacent to an activating group) is 2. The van der Waals surface area contributed by atoms with Crippen molar-refractivity contribution in [3.05, 3.63) is 0 Å². The Kier molecular flexibility index (Phi) is 4.87. The van der Waals surface area contributed by atoms with Crippen molar-refractivity contribution in [3.63, 3.8) is 0 Å². The number of hydrogen-bond donors (Lipinski definition) is 1. The molecule has 20 heavy (non-hydrogen) atoms. The van der Waals surface area contributed by atoms with Gasteiger partial charge in [0.1, 0.15) is 0 Å². The number of anilines is 1. The molecular weight excluding hydrogens is 296 g/mol. The fourth-order valence-electron chi connectivity index (χ4n) is 2.38. The van der Waals surface area contributed by atoms with E-state index in [2.05, 4.69) is 34.1 Å². The number of nitrogens with zero attached hydrogens (tertiary/aromatic N) is 4. The van der Waals surface area contributed by atoms with Gasteiger partial charge in [-0.25, -0.2) is 0 Å². The smallest absolute Gasteiger partial charge is 0.313 e. The average Bonchev–Trinajstić information content (AvgIpc) is 2.79. The zero-order valence-electron chi connectivity index (χ0n) is 12.0. The lowest BCUT2D eigenvalue weighted by atomic mass is 9.75. The number of hydrogen-bond acceptors (Lipinski definition) is 7. The third kappa shape index (κ3) is 3.42. The molecule has 0 saturated heterocycles. The van der Waals surface area contributed by atoms with Crippen molar-refractivity contribution < 1.29 is 9.90 Å². The highest BCUT2D eigenvalue weighted by Gasteiger charge is 2.40. The lowest BCUT2D eigenvalue weighted by Gasteiger charge is -2.49. The van der Waals surface area contributed by atoms with Gasteiger partial charge in [-0.3, -0.25) is 4.79 Å². The molecule has 0 bridgehead atoms. The van der Waals surface area contributed by atoms with Crippen LogP contribution in [0.4, 0.5) is 5.13 Å². The van der Waals surface area contributed by atoms with Crippen LogP contribution in [0, 0.1) is 0 Å². The second kappa shape index (κ2) is 6.28. The molecule has 0 atom stereocenters. The molecule has 0 aliphatic heterocycles. The van der Waals surface area contributed by atoms with E-state index >= 15 is 0 Å². The first-order valence-corrected chi connectivity index (χ1v) is 8.30. The first-order valence-electron chi connectivity index (χ1n) is 6.50. The first-order chi connectivity index (χ1) is 9.43. The van der Waals surface area contributed by atoms with E-state index in [-0.39, 0.29) is 11.3 Å². The Morgan fingerprint density at radius 1 is 1.40 bits per heavy atom. The number of carbonyl (C=O) groups is 1. The molecule has 6 nitrogen and oxygen atoms in total. The molecule has 2 rings (SSSR count). The molecule has 0 spiro atoms. The van der Waals surface area contributed by atoms with Gasteiger partial charge in [0.05, 0.1) is 5.75 Å². The zero-order chi connectivity index (χ0) is 14.8. The molecule has 1 aliphatic rings.